The molecule has 0 bridgehead atoms. The van der Waals surface area contributed by atoms with Gasteiger partial charge in [-0.1, -0.05) is 13.3 Å². The molecule has 0 atom stereocenters. The zero-order valence-electron chi connectivity index (χ0n) is 7.88. The molecule has 0 unspecified atom stereocenters. The molecule has 12 heavy (non-hydrogen) atoms. The third-order valence-corrected chi connectivity index (χ3v) is 3.02. The molecule has 1 aliphatic carbocycles. The van der Waals surface area contributed by atoms with Crippen molar-refractivity contribution in [3.05, 3.63) is 18.0 Å². The fourth-order valence-electron chi connectivity index (χ4n) is 1.86. The molecule has 2 nitrogen and oxygen atoms in total. The Morgan fingerprint density at radius 3 is 2.75 bits per heavy atom. The fourth-order valence-corrected chi connectivity index (χ4v) is 1.86. The van der Waals surface area contributed by atoms with Gasteiger partial charge in [0.25, 0.3) is 0 Å². The fraction of sp³-hybridized carbons (Fsp3) is 0.700. The summed E-state index contributed by atoms with van der Waals surface area (Å²) in [6.07, 6.45) is 6.02. The van der Waals surface area contributed by atoms with Gasteiger partial charge in [-0.15, -0.1) is 0 Å². The average Bonchev–Trinajstić information content (AvgIpc) is 2.34. The third-order valence-electron chi connectivity index (χ3n) is 3.02. The molecule has 1 fully saturated rings. The van der Waals surface area contributed by atoms with Crippen LogP contribution >= 0.6 is 0 Å². The van der Waals surface area contributed by atoms with Gasteiger partial charge < -0.3 is 0 Å². The minimum Gasteiger partial charge on any atom is -0.269 e. The van der Waals surface area contributed by atoms with Crippen molar-refractivity contribution in [3.8, 4) is 0 Å². The lowest BCUT2D eigenvalue weighted by Gasteiger charge is -2.38. The van der Waals surface area contributed by atoms with E-state index < -0.39 is 0 Å². The summed E-state index contributed by atoms with van der Waals surface area (Å²) < 4.78 is 2.12. The molecule has 1 aromatic rings. The summed E-state index contributed by atoms with van der Waals surface area (Å²) in [4.78, 5) is 0. The van der Waals surface area contributed by atoms with Crippen molar-refractivity contribution in [1.82, 2.24) is 9.78 Å². The van der Waals surface area contributed by atoms with Crippen molar-refractivity contribution < 1.29 is 0 Å². The number of hydrogen-bond acceptors (Lipinski definition) is 1. The lowest BCUT2D eigenvalue weighted by molar-refractivity contribution is 0.125. The highest BCUT2D eigenvalue weighted by molar-refractivity contribution is 4.98. The van der Waals surface area contributed by atoms with Gasteiger partial charge in [-0.2, -0.15) is 5.10 Å². The zero-order valence-corrected chi connectivity index (χ0v) is 7.88. The van der Waals surface area contributed by atoms with Crippen molar-refractivity contribution >= 4 is 0 Å². The van der Waals surface area contributed by atoms with Crippen molar-refractivity contribution in [1.29, 1.82) is 0 Å². The summed E-state index contributed by atoms with van der Waals surface area (Å²) >= 11 is 0. The van der Waals surface area contributed by atoms with E-state index in [1.54, 1.807) is 0 Å². The maximum atomic E-state index is 4.30. The highest BCUT2D eigenvalue weighted by Gasteiger charge is 2.32. The van der Waals surface area contributed by atoms with Crippen LogP contribution in [0.5, 0.6) is 0 Å². The smallest absolute Gasteiger partial charge is 0.0492 e. The van der Waals surface area contributed by atoms with Gasteiger partial charge in [0.15, 0.2) is 0 Å². The van der Waals surface area contributed by atoms with Crippen molar-refractivity contribution in [2.45, 2.75) is 39.7 Å². The van der Waals surface area contributed by atoms with Crippen molar-refractivity contribution in [2.24, 2.45) is 5.41 Å². The Bertz CT molecular complexity index is 271. The van der Waals surface area contributed by atoms with E-state index in [2.05, 4.69) is 29.7 Å². The predicted molar refractivity (Wildman–Crippen MR) is 48.9 cm³/mol. The molecule has 66 valence electrons. The Balaban J connectivity index is 2.08. The molecular formula is C10H16N2. The Kier molecular flexibility index (Phi) is 1.71. The van der Waals surface area contributed by atoms with Gasteiger partial charge in [-0.3, -0.25) is 4.68 Å². The van der Waals surface area contributed by atoms with Crippen LogP contribution in [-0.2, 0) is 6.54 Å². The van der Waals surface area contributed by atoms with Crippen LogP contribution in [0.2, 0.25) is 0 Å². The van der Waals surface area contributed by atoms with E-state index in [0.717, 1.165) is 6.54 Å². The van der Waals surface area contributed by atoms with Crippen molar-refractivity contribution in [2.75, 3.05) is 0 Å². The van der Waals surface area contributed by atoms with E-state index in [-0.39, 0.29) is 0 Å². The lowest BCUT2D eigenvalue weighted by atomic mass is 9.70. The third kappa shape index (κ3) is 1.26. The van der Waals surface area contributed by atoms with E-state index in [1.165, 1.54) is 25.0 Å². The molecular weight excluding hydrogens is 148 g/mol. The standard InChI is InChI=1S/C10H16N2/c1-9-4-7-11-12(9)8-10(2)5-3-6-10/h4,7H,3,5-6,8H2,1-2H3. The second-order valence-corrected chi connectivity index (χ2v) is 4.29. The van der Waals surface area contributed by atoms with E-state index >= 15 is 0 Å². The van der Waals surface area contributed by atoms with Gasteiger partial charge in [0.2, 0.25) is 0 Å². The van der Waals surface area contributed by atoms with E-state index in [0.29, 0.717) is 5.41 Å². The topological polar surface area (TPSA) is 17.8 Å². The molecule has 0 aromatic carbocycles. The Morgan fingerprint density at radius 2 is 2.33 bits per heavy atom. The number of hydrogen-bond donors (Lipinski definition) is 0. The Labute approximate surface area is 73.6 Å². The number of aromatic nitrogens is 2. The molecule has 0 radical (unpaired) electrons. The summed E-state index contributed by atoms with van der Waals surface area (Å²) in [6, 6.07) is 2.07. The van der Waals surface area contributed by atoms with Crippen LogP contribution in [0.4, 0.5) is 0 Å². The molecule has 0 saturated heterocycles. The van der Waals surface area contributed by atoms with Gasteiger partial charge in [0, 0.05) is 18.4 Å². The number of nitrogens with zero attached hydrogens (tertiary/aromatic N) is 2. The number of aryl methyl sites for hydroxylation is 1. The first-order chi connectivity index (χ1) is 5.70. The lowest BCUT2D eigenvalue weighted by Crippen LogP contribution is -2.31. The summed E-state index contributed by atoms with van der Waals surface area (Å²) in [7, 11) is 0. The van der Waals surface area contributed by atoms with E-state index in [4.69, 9.17) is 0 Å². The molecule has 1 saturated carbocycles. The monoisotopic (exact) mass is 164 g/mol. The van der Waals surface area contributed by atoms with Crippen LogP contribution in [0.3, 0.4) is 0 Å². The summed E-state index contributed by atoms with van der Waals surface area (Å²) in [5, 5.41) is 4.30. The maximum Gasteiger partial charge on any atom is 0.0492 e. The van der Waals surface area contributed by atoms with Gasteiger partial charge in [-0.25, -0.2) is 0 Å². The van der Waals surface area contributed by atoms with Gasteiger partial charge in [-0.05, 0) is 31.2 Å². The largest absolute Gasteiger partial charge is 0.269 e. The van der Waals surface area contributed by atoms with Gasteiger partial charge in [0.05, 0.1) is 0 Å². The molecule has 2 rings (SSSR count). The predicted octanol–water partition coefficient (Wildman–Crippen LogP) is 2.38. The second-order valence-electron chi connectivity index (χ2n) is 4.29. The maximum absolute atomic E-state index is 4.30. The molecule has 2 heteroatoms. The summed E-state index contributed by atoms with van der Waals surface area (Å²) in [5.74, 6) is 0. The molecule has 1 aromatic heterocycles. The van der Waals surface area contributed by atoms with Crippen LogP contribution < -0.4 is 0 Å². The zero-order chi connectivity index (χ0) is 8.60. The van der Waals surface area contributed by atoms with Crippen LogP contribution in [-0.4, -0.2) is 9.78 Å². The molecule has 0 aliphatic heterocycles. The quantitative estimate of drug-likeness (QED) is 0.656. The first-order valence-corrected chi connectivity index (χ1v) is 4.68. The highest BCUT2D eigenvalue weighted by atomic mass is 15.3. The van der Waals surface area contributed by atoms with Gasteiger partial charge >= 0.3 is 0 Å². The summed E-state index contributed by atoms with van der Waals surface area (Å²) in [5.41, 5.74) is 1.82. The molecule has 1 aliphatic rings. The van der Waals surface area contributed by atoms with Crippen LogP contribution in [0, 0.1) is 12.3 Å². The van der Waals surface area contributed by atoms with E-state index in [9.17, 15) is 0 Å². The van der Waals surface area contributed by atoms with Crippen molar-refractivity contribution in [3.63, 3.8) is 0 Å². The van der Waals surface area contributed by atoms with Crippen LogP contribution in [0.15, 0.2) is 12.3 Å². The molecule has 0 amide bonds. The second kappa shape index (κ2) is 2.61. The summed E-state index contributed by atoms with van der Waals surface area (Å²) in [6.45, 7) is 5.58. The molecule has 0 spiro atoms. The minimum atomic E-state index is 0.538. The normalized spacial score (nSPS) is 20.5. The Hall–Kier alpha value is -0.790. The van der Waals surface area contributed by atoms with Crippen LogP contribution in [0.1, 0.15) is 31.9 Å². The molecule has 0 N–H and O–H groups in total. The number of rotatable bonds is 2. The van der Waals surface area contributed by atoms with Gasteiger partial charge in [0.1, 0.15) is 0 Å². The Morgan fingerprint density at radius 1 is 1.58 bits per heavy atom. The average molecular weight is 164 g/mol. The first kappa shape index (κ1) is 7.84. The minimum absolute atomic E-state index is 0.538. The first-order valence-electron chi connectivity index (χ1n) is 4.68. The molecule has 1 heterocycles. The highest BCUT2D eigenvalue weighted by Crippen LogP contribution is 2.41. The van der Waals surface area contributed by atoms with Crippen LogP contribution in [0.25, 0.3) is 0 Å². The SMILES string of the molecule is Cc1ccnn1CC1(C)CCC1. The van der Waals surface area contributed by atoms with E-state index in [1.807, 2.05) is 6.20 Å².